The molecular weight excluding hydrogens is 562 g/mol. The molecule has 6 rings (SSSR count). The number of nitrogens with zero attached hydrogens (tertiary/aromatic N) is 2. The van der Waals surface area contributed by atoms with Crippen LogP contribution >= 0.6 is 0 Å². The van der Waals surface area contributed by atoms with Crippen molar-refractivity contribution in [1.29, 1.82) is 0 Å². The van der Waals surface area contributed by atoms with E-state index in [4.69, 9.17) is 14.3 Å². The maximum Gasteiger partial charge on any atom is 0.308 e. The van der Waals surface area contributed by atoms with Gasteiger partial charge in [-0.2, -0.15) is 0 Å². The molecule has 1 unspecified atom stereocenters. The first kappa shape index (κ1) is 28.4. The van der Waals surface area contributed by atoms with Gasteiger partial charge in [0, 0.05) is 24.6 Å². The van der Waals surface area contributed by atoms with Crippen LogP contribution in [-0.2, 0) is 16.2 Å². The number of rotatable bonds is 8. The predicted octanol–water partition coefficient (Wildman–Crippen LogP) is 5.53. The average molecular weight is 590 g/mol. The highest BCUT2D eigenvalue weighted by Gasteiger charge is 2.36. The summed E-state index contributed by atoms with van der Waals surface area (Å²) in [5, 5.41) is 7.08. The van der Waals surface area contributed by atoms with Crippen molar-refractivity contribution in [2.45, 2.75) is 26.0 Å². The smallest absolute Gasteiger partial charge is 0.308 e. The molecule has 4 aromatic carbocycles. The number of anilines is 1. The topological polar surface area (TPSA) is 124 Å². The maximum atomic E-state index is 13.4. The Morgan fingerprint density at radius 2 is 1.59 bits per heavy atom. The van der Waals surface area contributed by atoms with Crippen LogP contribution in [0.1, 0.15) is 67.2 Å². The van der Waals surface area contributed by atoms with Crippen molar-refractivity contribution in [2.75, 3.05) is 12.4 Å². The summed E-state index contributed by atoms with van der Waals surface area (Å²) >= 11 is 0. The van der Waals surface area contributed by atoms with Gasteiger partial charge in [0.1, 0.15) is 11.5 Å². The number of nitrogens with one attached hydrogen (secondary N) is 1. The lowest BCUT2D eigenvalue weighted by Gasteiger charge is -2.18. The second kappa shape index (κ2) is 11.8. The number of amides is 3. The zero-order valence-electron chi connectivity index (χ0n) is 23.9. The van der Waals surface area contributed by atoms with Gasteiger partial charge in [-0.05, 0) is 53.6 Å². The second-order valence-corrected chi connectivity index (χ2v) is 10.3. The molecule has 0 saturated carbocycles. The zero-order chi connectivity index (χ0) is 30.8. The molecule has 0 fully saturated rings. The minimum Gasteiger partial charge on any atom is -0.497 e. The number of fused-ring (bicyclic) bond motifs is 1. The Hall–Kier alpha value is -5.77. The normalized spacial score (nSPS) is 15.4. The molecule has 1 atom stereocenters. The standard InChI is InChI=1S/C34H27N3O7/c1-20(38)43-31-23(19-37-33(40)26-7-3-4-8-27(26)34(37)41)6-5-9-28(31)32(39)35-24-14-10-21(11-15-24)29-18-30(44-36-29)22-12-16-25(42-2)17-13-22/h3-17,30H,18-19H2,1-2H3,(H,35,39). The molecule has 2 heterocycles. The molecule has 2 aliphatic heterocycles. The van der Waals surface area contributed by atoms with Crippen molar-refractivity contribution < 1.29 is 33.5 Å². The Morgan fingerprint density at radius 3 is 2.23 bits per heavy atom. The van der Waals surface area contributed by atoms with E-state index in [-0.39, 0.29) is 24.0 Å². The van der Waals surface area contributed by atoms with Gasteiger partial charge in [0.25, 0.3) is 17.7 Å². The number of carbonyl (C=O) groups is 4. The van der Waals surface area contributed by atoms with Crippen LogP contribution in [0.25, 0.3) is 0 Å². The summed E-state index contributed by atoms with van der Waals surface area (Å²) in [5.41, 5.74) is 4.14. The van der Waals surface area contributed by atoms with Gasteiger partial charge >= 0.3 is 5.97 Å². The molecule has 44 heavy (non-hydrogen) atoms. The first-order valence-corrected chi connectivity index (χ1v) is 13.9. The number of imide groups is 1. The van der Waals surface area contributed by atoms with Crippen molar-refractivity contribution in [2.24, 2.45) is 5.16 Å². The Balaban J connectivity index is 1.17. The van der Waals surface area contributed by atoms with Crippen LogP contribution in [0.3, 0.4) is 0 Å². The lowest BCUT2D eigenvalue weighted by Crippen LogP contribution is -2.29. The summed E-state index contributed by atoms with van der Waals surface area (Å²) in [4.78, 5) is 58.0. The van der Waals surface area contributed by atoms with E-state index in [2.05, 4.69) is 10.5 Å². The summed E-state index contributed by atoms with van der Waals surface area (Å²) in [5.74, 6) is -1.35. The maximum absolute atomic E-state index is 13.4. The third-order valence-corrected chi connectivity index (χ3v) is 7.43. The number of ether oxygens (including phenoxy) is 2. The molecule has 1 N–H and O–H groups in total. The minimum absolute atomic E-state index is 0.0206. The van der Waals surface area contributed by atoms with Crippen molar-refractivity contribution in [3.63, 3.8) is 0 Å². The summed E-state index contributed by atoms with van der Waals surface area (Å²) < 4.78 is 10.7. The molecule has 0 aromatic heterocycles. The van der Waals surface area contributed by atoms with E-state index in [0.717, 1.165) is 27.5 Å². The molecule has 0 radical (unpaired) electrons. The van der Waals surface area contributed by atoms with Gasteiger partial charge in [-0.1, -0.05) is 53.7 Å². The Kier molecular flexibility index (Phi) is 7.63. The van der Waals surface area contributed by atoms with Crippen LogP contribution in [0.2, 0.25) is 0 Å². The second-order valence-electron chi connectivity index (χ2n) is 10.3. The third-order valence-electron chi connectivity index (χ3n) is 7.43. The number of methoxy groups -OCH3 is 1. The largest absolute Gasteiger partial charge is 0.497 e. The Morgan fingerprint density at radius 1 is 0.909 bits per heavy atom. The van der Waals surface area contributed by atoms with E-state index in [0.29, 0.717) is 28.8 Å². The van der Waals surface area contributed by atoms with Gasteiger partial charge in [0.15, 0.2) is 6.10 Å². The van der Waals surface area contributed by atoms with Crippen molar-refractivity contribution in [1.82, 2.24) is 4.90 Å². The Labute approximate surface area is 252 Å². The first-order valence-electron chi connectivity index (χ1n) is 13.9. The lowest BCUT2D eigenvalue weighted by molar-refractivity contribution is -0.131. The molecular formula is C34H27N3O7. The molecule has 220 valence electrons. The molecule has 10 heteroatoms. The number of para-hydroxylation sites is 1. The van der Waals surface area contributed by atoms with E-state index >= 15 is 0 Å². The minimum atomic E-state index is -0.647. The summed E-state index contributed by atoms with van der Waals surface area (Å²) in [6.07, 6.45) is 0.381. The molecule has 3 amide bonds. The molecule has 0 aliphatic carbocycles. The summed E-state index contributed by atoms with van der Waals surface area (Å²) in [6.45, 7) is 1.04. The van der Waals surface area contributed by atoms with Gasteiger partial charge < -0.3 is 19.6 Å². The van der Waals surface area contributed by atoms with Crippen LogP contribution < -0.4 is 14.8 Å². The highest BCUT2D eigenvalue weighted by molar-refractivity contribution is 6.21. The molecule has 10 nitrogen and oxygen atoms in total. The fraction of sp³-hybridized carbons (Fsp3) is 0.147. The van der Waals surface area contributed by atoms with E-state index in [1.807, 2.05) is 36.4 Å². The fourth-order valence-electron chi connectivity index (χ4n) is 5.20. The van der Waals surface area contributed by atoms with Crippen LogP contribution in [0.15, 0.2) is 96.2 Å². The Bertz CT molecular complexity index is 1780. The van der Waals surface area contributed by atoms with E-state index in [1.165, 1.54) is 13.0 Å². The van der Waals surface area contributed by atoms with Gasteiger partial charge in [-0.3, -0.25) is 24.1 Å². The third kappa shape index (κ3) is 5.52. The predicted molar refractivity (Wildman–Crippen MR) is 161 cm³/mol. The lowest BCUT2D eigenvalue weighted by atomic mass is 10.00. The summed E-state index contributed by atoms with van der Waals surface area (Å²) in [7, 11) is 1.62. The number of esters is 1. The molecule has 2 aliphatic rings. The van der Waals surface area contributed by atoms with Gasteiger partial charge in [-0.25, -0.2) is 0 Å². The molecule has 0 spiro atoms. The van der Waals surface area contributed by atoms with E-state index in [1.54, 1.807) is 55.6 Å². The molecule has 0 saturated heterocycles. The molecule has 0 bridgehead atoms. The van der Waals surface area contributed by atoms with Crippen molar-refractivity contribution in [3.05, 3.63) is 124 Å². The van der Waals surface area contributed by atoms with Gasteiger partial charge in [-0.15, -0.1) is 0 Å². The SMILES string of the molecule is COc1ccc(C2CC(c3ccc(NC(=O)c4cccc(CN5C(=O)c6ccccc6C5=O)c4OC(C)=O)cc3)=NO2)cc1. The van der Waals surface area contributed by atoms with Crippen molar-refractivity contribution in [3.8, 4) is 11.5 Å². The molecule has 4 aromatic rings. The van der Waals surface area contributed by atoms with Crippen LogP contribution in [0, 0.1) is 0 Å². The fourth-order valence-corrected chi connectivity index (χ4v) is 5.20. The van der Waals surface area contributed by atoms with E-state index < -0.39 is 23.7 Å². The quantitative estimate of drug-likeness (QED) is 0.163. The van der Waals surface area contributed by atoms with Crippen LogP contribution in [-0.4, -0.2) is 41.4 Å². The zero-order valence-corrected chi connectivity index (χ0v) is 23.9. The highest BCUT2D eigenvalue weighted by Crippen LogP contribution is 2.32. The first-order chi connectivity index (χ1) is 21.3. The van der Waals surface area contributed by atoms with Gasteiger partial charge in [0.2, 0.25) is 0 Å². The highest BCUT2D eigenvalue weighted by atomic mass is 16.6. The number of oxime groups is 1. The van der Waals surface area contributed by atoms with E-state index in [9.17, 15) is 19.2 Å². The summed E-state index contributed by atoms with van der Waals surface area (Å²) in [6, 6.07) is 26.1. The monoisotopic (exact) mass is 589 g/mol. The van der Waals surface area contributed by atoms with Crippen LogP contribution in [0.5, 0.6) is 11.5 Å². The van der Waals surface area contributed by atoms with Crippen molar-refractivity contribution >= 4 is 35.1 Å². The van der Waals surface area contributed by atoms with Gasteiger partial charge in [0.05, 0.1) is 36.1 Å². The number of hydrogen-bond acceptors (Lipinski definition) is 8. The number of hydrogen-bond donors (Lipinski definition) is 1. The number of carbonyl (C=O) groups excluding carboxylic acids is 4. The number of benzene rings is 4. The average Bonchev–Trinajstić information content (AvgIpc) is 3.62. The van der Waals surface area contributed by atoms with Crippen LogP contribution in [0.4, 0.5) is 5.69 Å².